The molecule has 112 valence electrons. The van der Waals surface area contributed by atoms with Crippen molar-refractivity contribution < 1.29 is 14.3 Å². The molecule has 0 heterocycles. The molecule has 3 heteroatoms. The molecule has 2 atom stereocenters. The van der Waals surface area contributed by atoms with Gasteiger partial charge in [-0.1, -0.05) is 13.8 Å². The molecular weight excluding hydrogens is 240 g/mol. The van der Waals surface area contributed by atoms with Crippen molar-refractivity contribution in [2.24, 2.45) is 11.8 Å². The second-order valence-electron chi connectivity index (χ2n) is 5.88. The van der Waals surface area contributed by atoms with Crippen LogP contribution in [0.2, 0.25) is 0 Å². The first-order chi connectivity index (χ1) is 9.06. The van der Waals surface area contributed by atoms with Crippen LogP contribution in [0.25, 0.3) is 0 Å². The zero-order valence-corrected chi connectivity index (χ0v) is 13.0. The predicted octanol–water partition coefficient (Wildman–Crippen LogP) is 3.95. The summed E-state index contributed by atoms with van der Waals surface area (Å²) in [6.45, 7) is 8.84. The molecule has 1 fully saturated rings. The smallest absolute Gasteiger partial charge is 0.306 e. The van der Waals surface area contributed by atoms with E-state index in [4.69, 9.17) is 9.47 Å². The maximum Gasteiger partial charge on any atom is 0.306 e. The average molecular weight is 270 g/mol. The van der Waals surface area contributed by atoms with Gasteiger partial charge in [0.1, 0.15) is 0 Å². The number of carbonyl (C=O) groups excluding carboxylic acids is 1. The topological polar surface area (TPSA) is 35.5 Å². The van der Waals surface area contributed by atoms with Gasteiger partial charge >= 0.3 is 5.97 Å². The minimum atomic E-state index is -0.0482. The van der Waals surface area contributed by atoms with Crippen LogP contribution in [0.4, 0.5) is 0 Å². The van der Waals surface area contributed by atoms with Crippen molar-refractivity contribution in [1.29, 1.82) is 0 Å². The molecule has 0 aromatic rings. The molecule has 0 aromatic heterocycles. The summed E-state index contributed by atoms with van der Waals surface area (Å²) in [6.07, 6.45) is 7.10. The van der Waals surface area contributed by atoms with Crippen LogP contribution in [0.3, 0.4) is 0 Å². The van der Waals surface area contributed by atoms with E-state index in [1.54, 1.807) is 0 Å². The molecular formula is C16H30O3. The van der Waals surface area contributed by atoms with Crippen molar-refractivity contribution in [2.75, 3.05) is 6.61 Å². The van der Waals surface area contributed by atoms with E-state index in [1.807, 2.05) is 6.92 Å². The summed E-state index contributed by atoms with van der Waals surface area (Å²) in [5, 5.41) is 0. The maximum absolute atomic E-state index is 11.5. The standard InChI is InChI=1S/C16H30O3/c1-5-13(4)19-15-9-7-14(8-10-15)12(3)11-16(17)18-6-2/h12-15H,5-11H2,1-4H3. The Bertz CT molecular complexity index is 257. The first kappa shape index (κ1) is 16.5. The molecule has 19 heavy (non-hydrogen) atoms. The van der Waals surface area contributed by atoms with Crippen LogP contribution in [-0.2, 0) is 14.3 Å². The van der Waals surface area contributed by atoms with Crippen molar-refractivity contribution in [1.82, 2.24) is 0 Å². The Morgan fingerprint density at radius 2 is 1.79 bits per heavy atom. The Morgan fingerprint density at radius 1 is 1.16 bits per heavy atom. The van der Waals surface area contributed by atoms with Gasteiger partial charge in [-0.05, 0) is 57.8 Å². The highest BCUT2D eigenvalue weighted by molar-refractivity contribution is 5.69. The van der Waals surface area contributed by atoms with Crippen LogP contribution in [-0.4, -0.2) is 24.8 Å². The van der Waals surface area contributed by atoms with Gasteiger partial charge in [-0.25, -0.2) is 0 Å². The van der Waals surface area contributed by atoms with Crippen molar-refractivity contribution in [3.05, 3.63) is 0 Å². The number of hydrogen-bond donors (Lipinski definition) is 0. The maximum atomic E-state index is 11.5. The summed E-state index contributed by atoms with van der Waals surface area (Å²) >= 11 is 0. The highest BCUT2D eigenvalue weighted by Crippen LogP contribution is 2.33. The van der Waals surface area contributed by atoms with Gasteiger partial charge < -0.3 is 9.47 Å². The van der Waals surface area contributed by atoms with Crippen LogP contribution < -0.4 is 0 Å². The number of hydrogen-bond acceptors (Lipinski definition) is 3. The fraction of sp³-hybridized carbons (Fsp3) is 0.938. The van der Waals surface area contributed by atoms with E-state index in [0.29, 0.717) is 37.1 Å². The average Bonchev–Trinajstić information content (AvgIpc) is 2.39. The predicted molar refractivity (Wildman–Crippen MR) is 77.0 cm³/mol. The molecule has 1 aliphatic rings. The van der Waals surface area contributed by atoms with Crippen molar-refractivity contribution in [3.8, 4) is 0 Å². The van der Waals surface area contributed by atoms with E-state index >= 15 is 0 Å². The van der Waals surface area contributed by atoms with E-state index in [0.717, 1.165) is 19.3 Å². The lowest BCUT2D eigenvalue weighted by atomic mass is 9.78. The van der Waals surface area contributed by atoms with Gasteiger partial charge in [-0.15, -0.1) is 0 Å². The second-order valence-corrected chi connectivity index (χ2v) is 5.88. The third-order valence-corrected chi connectivity index (χ3v) is 4.32. The SMILES string of the molecule is CCOC(=O)CC(C)C1CCC(OC(C)CC)CC1. The highest BCUT2D eigenvalue weighted by Gasteiger charge is 2.27. The Labute approximate surface area is 118 Å². The Hall–Kier alpha value is -0.570. The van der Waals surface area contributed by atoms with Crippen LogP contribution >= 0.6 is 0 Å². The van der Waals surface area contributed by atoms with Gasteiger partial charge in [0, 0.05) is 6.42 Å². The summed E-state index contributed by atoms with van der Waals surface area (Å²) in [7, 11) is 0. The molecule has 0 bridgehead atoms. The molecule has 3 nitrogen and oxygen atoms in total. The number of rotatable bonds is 7. The Balaban J connectivity index is 2.27. The number of esters is 1. The van der Waals surface area contributed by atoms with Crippen LogP contribution in [0, 0.1) is 11.8 Å². The monoisotopic (exact) mass is 270 g/mol. The van der Waals surface area contributed by atoms with Gasteiger partial charge in [-0.2, -0.15) is 0 Å². The highest BCUT2D eigenvalue weighted by atomic mass is 16.5. The third-order valence-electron chi connectivity index (χ3n) is 4.32. The molecule has 1 aliphatic carbocycles. The van der Waals surface area contributed by atoms with Crippen LogP contribution in [0.1, 0.15) is 66.2 Å². The fourth-order valence-corrected chi connectivity index (χ4v) is 2.87. The summed E-state index contributed by atoms with van der Waals surface area (Å²) in [5.74, 6) is 1.04. The zero-order valence-electron chi connectivity index (χ0n) is 13.0. The second kappa shape index (κ2) is 8.57. The minimum absolute atomic E-state index is 0.0482. The van der Waals surface area contributed by atoms with Gasteiger partial charge in [0.15, 0.2) is 0 Å². The zero-order chi connectivity index (χ0) is 14.3. The van der Waals surface area contributed by atoms with E-state index < -0.39 is 0 Å². The lowest BCUT2D eigenvalue weighted by Gasteiger charge is -2.33. The first-order valence-electron chi connectivity index (χ1n) is 7.87. The quantitative estimate of drug-likeness (QED) is 0.657. The molecule has 0 N–H and O–H groups in total. The number of carbonyl (C=O) groups is 1. The Kier molecular flexibility index (Phi) is 7.44. The lowest BCUT2D eigenvalue weighted by Crippen LogP contribution is -2.28. The van der Waals surface area contributed by atoms with Gasteiger partial charge in [0.05, 0.1) is 18.8 Å². The third kappa shape index (κ3) is 5.94. The summed E-state index contributed by atoms with van der Waals surface area (Å²) in [4.78, 5) is 11.5. The molecule has 0 amide bonds. The summed E-state index contributed by atoms with van der Waals surface area (Å²) in [6, 6.07) is 0. The van der Waals surface area contributed by atoms with Crippen molar-refractivity contribution >= 4 is 5.97 Å². The van der Waals surface area contributed by atoms with E-state index in [-0.39, 0.29) is 5.97 Å². The molecule has 0 radical (unpaired) electrons. The molecule has 0 aliphatic heterocycles. The van der Waals surface area contributed by atoms with Gasteiger partial charge in [0.2, 0.25) is 0 Å². The fourth-order valence-electron chi connectivity index (χ4n) is 2.87. The van der Waals surface area contributed by atoms with Crippen molar-refractivity contribution in [2.45, 2.75) is 78.4 Å². The summed E-state index contributed by atoms with van der Waals surface area (Å²) < 4.78 is 11.0. The van der Waals surface area contributed by atoms with Crippen LogP contribution in [0.5, 0.6) is 0 Å². The largest absolute Gasteiger partial charge is 0.466 e. The minimum Gasteiger partial charge on any atom is -0.466 e. The van der Waals surface area contributed by atoms with Crippen molar-refractivity contribution in [3.63, 3.8) is 0 Å². The van der Waals surface area contributed by atoms with E-state index in [1.165, 1.54) is 12.8 Å². The molecule has 1 rings (SSSR count). The normalized spacial score (nSPS) is 26.7. The molecule has 1 saturated carbocycles. The van der Waals surface area contributed by atoms with E-state index in [2.05, 4.69) is 20.8 Å². The lowest BCUT2D eigenvalue weighted by molar-refractivity contribution is -0.144. The molecule has 2 unspecified atom stereocenters. The van der Waals surface area contributed by atoms with Gasteiger partial charge in [0.25, 0.3) is 0 Å². The first-order valence-corrected chi connectivity index (χ1v) is 7.87. The molecule has 0 saturated heterocycles. The molecule has 0 spiro atoms. The Morgan fingerprint density at radius 3 is 2.32 bits per heavy atom. The van der Waals surface area contributed by atoms with Gasteiger partial charge in [-0.3, -0.25) is 4.79 Å². The molecule has 0 aromatic carbocycles. The van der Waals surface area contributed by atoms with Crippen LogP contribution in [0.15, 0.2) is 0 Å². The van der Waals surface area contributed by atoms with E-state index in [9.17, 15) is 4.79 Å². The number of ether oxygens (including phenoxy) is 2. The summed E-state index contributed by atoms with van der Waals surface area (Å²) in [5.41, 5.74) is 0.